The van der Waals surface area contributed by atoms with Crippen LogP contribution < -0.4 is 0 Å². The van der Waals surface area contributed by atoms with E-state index in [4.69, 9.17) is 0 Å². The highest BCUT2D eigenvalue weighted by atomic mass is 19.4. The lowest BCUT2D eigenvalue weighted by Gasteiger charge is -2.23. The zero-order valence-corrected chi connectivity index (χ0v) is 38.1. The van der Waals surface area contributed by atoms with E-state index in [1.165, 1.54) is 12.1 Å². The molecule has 5 nitrogen and oxygen atoms in total. The van der Waals surface area contributed by atoms with Gasteiger partial charge < -0.3 is 18.3 Å². The summed E-state index contributed by atoms with van der Waals surface area (Å²) in [5, 5.41) is 19.5. The second kappa shape index (κ2) is 15.1. The number of fused-ring (bicyclic) bond motifs is 14. The van der Waals surface area contributed by atoms with E-state index in [0.717, 1.165) is 98.6 Å². The van der Waals surface area contributed by atoms with Crippen molar-refractivity contribution in [2.45, 2.75) is 13.1 Å². The van der Waals surface area contributed by atoms with E-state index < -0.39 is 11.7 Å². The van der Waals surface area contributed by atoms with Crippen LogP contribution in [0.1, 0.15) is 16.7 Å². The second-order valence-electron chi connectivity index (χ2n) is 18.3. The summed E-state index contributed by atoms with van der Waals surface area (Å²) in [6.07, 6.45) is -4.71. The highest BCUT2D eigenvalue weighted by Crippen LogP contribution is 2.49. The van der Waals surface area contributed by atoms with E-state index in [1.807, 2.05) is 109 Å². The molecule has 0 aliphatic rings. The van der Waals surface area contributed by atoms with Gasteiger partial charge in [0.05, 0.1) is 66.6 Å². The summed E-state index contributed by atoms with van der Waals surface area (Å²) in [5.41, 5.74) is 10.3. The fraction of sp³-hybridized carbons (Fsp3) is 0.0317. The third kappa shape index (κ3) is 5.75. The lowest BCUT2D eigenvalue weighted by Crippen LogP contribution is -2.11. The molecule has 0 saturated carbocycles. The van der Waals surface area contributed by atoms with Crippen molar-refractivity contribution in [1.29, 1.82) is 5.26 Å². The summed E-state index contributed by atoms with van der Waals surface area (Å²) < 4.78 is 56.2. The number of benzene rings is 10. The summed E-state index contributed by atoms with van der Waals surface area (Å²) in [5.74, 6) is 0. The molecule has 8 heteroatoms. The van der Waals surface area contributed by atoms with E-state index >= 15 is 13.2 Å². The van der Waals surface area contributed by atoms with Crippen LogP contribution in [0.3, 0.4) is 0 Å². The van der Waals surface area contributed by atoms with Crippen LogP contribution in [0.2, 0.25) is 0 Å². The Morgan fingerprint density at radius 1 is 0.380 bits per heavy atom. The zero-order chi connectivity index (χ0) is 47.7. The maximum Gasteiger partial charge on any atom is 0.417 e. The molecule has 0 bridgehead atoms. The van der Waals surface area contributed by atoms with Gasteiger partial charge in [0.25, 0.3) is 0 Å². The molecule has 0 atom stereocenters. The summed E-state index contributed by atoms with van der Waals surface area (Å²) in [6.45, 7) is 1.74. The Bertz CT molecular complexity index is 4580. The van der Waals surface area contributed by atoms with E-state index in [9.17, 15) is 5.26 Å². The lowest BCUT2D eigenvalue weighted by atomic mass is 9.91. The lowest BCUT2D eigenvalue weighted by molar-refractivity contribution is -0.137. The van der Waals surface area contributed by atoms with Crippen molar-refractivity contribution in [3.05, 3.63) is 229 Å². The van der Waals surface area contributed by atoms with Gasteiger partial charge in [0.1, 0.15) is 6.07 Å². The molecular weight excluding hydrogens is 884 g/mol. The van der Waals surface area contributed by atoms with E-state index in [2.05, 4.69) is 109 Å². The first-order valence-corrected chi connectivity index (χ1v) is 23.6. The van der Waals surface area contributed by atoms with Gasteiger partial charge in [-0.05, 0) is 84.8 Å². The van der Waals surface area contributed by atoms with Crippen molar-refractivity contribution in [3.63, 3.8) is 0 Å². The van der Waals surface area contributed by atoms with Crippen LogP contribution in [-0.4, -0.2) is 18.3 Å². The molecule has 0 spiro atoms. The number of aromatic nitrogens is 4. The molecule has 0 saturated heterocycles. The van der Waals surface area contributed by atoms with Crippen LogP contribution >= 0.6 is 0 Å². The van der Waals surface area contributed by atoms with Crippen LogP contribution in [0.4, 0.5) is 13.2 Å². The molecule has 4 heterocycles. The smallest absolute Gasteiger partial charge is 0.307 e. The minimum Gasteiger partial charge on any atom is -0.307 e. The number of hydrogen-bond donors (Lipinski definition) is 0. The molecule has 0 amide bonds. The molecule has 14 rings (SSSR count). The van der Waals surface area contributed by atoms with Crippen LogP contribution in [0, 0.1) is 18.3 Å². The van der Waals surface area contributed by atoms with Gasteiger partial charge in [-0.15, -0.1) is 0 Å². The van der Waals surface area contributed by atoms with Crippen LogP contribution in [0.5, 0.6) is 0 Å². The fourth-order valence-corrected chi connectivity index (χ4v) is 11.7. The molecule has 0 unspecified atom stereocenters. The number of alkyl halides is 3. The maximum atomic E-state index is 15.8. The monoisotopic (exact) mass is 921 g/mol. The van der Waals surface area contributed by atoms with Gasteiger partial charge in [0.15, 0.2) is 0 Å². The van der Waals surface area contributed by atoms with E-state index in [0.29, 0.717) is 28.1 Å². The van der Waals surface area contributed by atoms with Crippen molar-refractivity contribution in [3.8, 4) is 39.9 Å². The van der Waals surface area contributed by atoms with Crippen molar-refractivity contribution in [1.82, 2.24) is 18.3 Å². The first-order chi connectivity index (χ1) is 34.8. The number of nitriles is 1. The molecule has 0 radical (unpaired) electrons. The second-order valence-corrected chi connectivity index (χ2v) is 18.3. The molecule has 4 aromatic heterocycles. The molecule has 0 aliphatic carbocycles. The molecule has 0 fully saturated rings. The van der Waals surface area contributed by atoms with Gasteiger partial charge in [-0.2, -0.15) is 18.4 Å². The summed E-state index contributed by atoms with van der Waals surface area (Å²) in [7, 11) is 0. The predicted molar refractivity (Wildman–Crippen MR) is 284 cm³/mol. The van der Waals surface area contributed by atoms with Gasteiger partial charge in [0.2, 0.25) is 0 Å². The maximum absolute atomic E-state index is 15.8. The largest absolute Gasteiger partial charge is 0.417 e. The van der Waals surface area contributed by atoms with E-state index in [-0.39, 0.29) is 5.56 Å². The molecule has 0 N–H and O–H groups in total. The summed E-state index contributed by atoms with van der Waals surface area (Å²) in [4.78, 5) is 0. The molecular formula is C63H38F3N5. The number of halogens is 3. The number of hydrogen-bond acceptors (Lipinski definition) is 1. The summed E-state index contributed by atoms with van der Waals surface area (Å²) in [6, 6.07) is 72.4. The van der Waals surface area contributed by atoms with Crippen molar-refractivity contribution < 1.29 is 13.2 Å². The topological polar surface area (TPSA) is 43.5 Å². The molecule has 0 aliphatic heterocycles. The third-order valence-corrected chi connectivity index (χ3v) is 14.5. The third-order valence-electron chi connectivity index (χ3n) is 14.5. The molecule has 336 valence electrons. The SMILES string of the molecule is Cc1cccc(C(F)(F)F)c1-c1cc(-n2c3ccccc3c3ccc4c5ccccc5n(-c5ccccc5)c4c32)c(C#N)cc1-n1c2ccccc2c2ccc3c4ccccc4n(-c4ccccc4)c3c21. The molecule has 71 heavy (non-hydrogen) atoms. The highest BCUT2D eigenvalue weighted by Gasteiger charge is 2.36. The Kier molecular flexibility index (Phi) is 8.65. The standard InChI is InChI=1S/C63H38F3N5/c1-38-17-16-26-51(63(64,65)66)58(38)50-36-56(70-54-29-14-10-24-44(54)48-33-31-46-42-22-8-12-27-52(42)68(59(46)61(48)70)40-18-4-2-5-19-40)39(37-67)35-57(50)71-55-30-15-11-25-45(55)49-34-32-47-43-23-9-13-28-53(43)69(60(47)62(49)71)41-20-6-3-7-21-41/h2-36H,1H3. The summed E-state index contributed by atoms with van der Waals surface area (Å²) >= 11 is 0. The Morgan fingerprint density at radius 3 is 1.18 bits per heavy atom. The normalized spacial score (nSPS) is 12.2. The Labute approximate surface area is 404 Å². The number of nitrogens with zero attached hydrogens (tertiary/aromatic N) is 5. The quantitative estimate of drug-likeness (QED) is 0.170. The number of rotatable bonds is 5. The minimum absolute atomic E-state index is 0.0479. The van der Waals surface area contributed by atoms with Gasteiger partial charge in [-0.25, -0.2) is 0 Å². The van der Waals surface area contributed by atoms with E-state index in [1.54, 1.807) is 13.0 Å². The molecule has 14 aromatic rings. The van der Waals surface area contributed by atoms with Crippen molar-refractivity contribution in [2.24, 2.45) is 0 Å². The minimum atomic E-state index is -4.71. The van der Waals surface area contributed by atoms with Crippen molar-refractivity contribution >= 4 is 87.2 Å². The van der Waals surface area contributed by atoms with Crippen LogP contribution in [0.25, 0.3) is 121 Å². The number of para-hydroxylation sites is 6. The average Bonchev–Trinajstić information content (AvgIpc) is 4.14. The fourth-order valence-electron chi connectivity index (χ4n) is 11.7. The van der Waals surface area contributed by atoms with Crippen molar-refractivity contribution in [2.75, 3.05) is 0 Å². The average molecular weight is 922 g/mol. The van der Waals surface area contributed by atoms with Gasteiger partial charge >= 0.3 is 6.18 Å². The zero-order valence-electron chi connectivity index (χ0n) is 38.1. The Balaban J connectivity index is 1.20. The first kappa shape index (κ1) is 40.7. The van der Waals surface area contributed by atoms with Gasteiger partial charge in [-0.3, -0.25) is 0 Å². The number of aryl methyl sites for hydroxylation is 1. The van der Waals surface area contributed by atoms with Crippen LogP contribution in [0.15, 0.2) is 212 Å². The molecule has 10 aromatic carbocycles. The Morgan fingerprint density at radius 2 is 0.761 bits per heavy atom. The predicted octanol–water partition coefficient (Wildman–Crippen LogP) is 16.9. The highest BCUT2D eigenvalue weighted by molar-refractivity contribution is 6.25. The van der Waals surface area contributed by atoms with Crippen LogP contribution in [-0.2, 0) is 6.18 Å². The van der Waals surface area contributed by atoms with Gasteiger partial charge in [0, 0.05) is 60.0 Å². The van der Waals surface area contributed by atoms with Gasteiger partial charge in [-0.1, -0.05) is 146 Å². The Hall–Kier alpha value is -9.32. The first-order valence-electron chi connectivity index (χ1n) is 23.6.